The van der Waals surface area contributed by atoms with Crippen LogP contribution in [0.3, 0.4) is 0 Å². The molecule has 0 aliphatic carbocycles. The van der Waals surface area contributed by atoms with Crippen molar-refractivity contribution in [2.75, 3.05) is 0 Å². The lowest BCUT2D eigenvalue weighted by Gasteiger charge is -2.25. The Labute approximate surface area is 110 Å². The highest BCUT2D eigenvalue weighted by molar-refractivity contribution is 5.75. The third-order valence-electron chi connectivity index (χ3n) is 2.81. The maximum absolute atomic E-state index is 11.7. The van der Waals surface area contributed by atoms with E-state index in [1.807, 2.05) is 0 Å². The summed E-state index contributed by atoms with van der Waals surface area (Å²) in [5, 5.41) is 10.7. The summed E-state index contributed by atoms with van der Waals surface area (Å²) in [4.78, 5) is 22.0. The number of rotatable bonds is 3. The SMILES string of the molecule is CC(C)OC(=O)C1CCc2cc([N+](=O)[O-])ccc2O1. The number of ether oxygens (including phenoxy) is 2. The summed E-state index contributed by atoms with van der Waals surface area (Å²) in [7, 11) is 0. The Kier molecular flexibility index (Phi) is 3.69. The van der Waals surface area contributed by atoms with Gasteiger partial charge in [0.15, 0.2) is 6.10 Å². The van der Waals surface area contributed by atoms with Gasteiger partial charge in [0.25, 0.3) is 5.69 Å². The molecule has 0 saturated heterocycles. The lowest BCUT2D eigenvalue weighted by molar-refractivity contribution is -0.385. The number of aryl methyl sites for hydroxylation is 1. The fraction of sp³-hybridized carbons (Fsp3) is 0.462. The first-order chi connectivity index (χ1) is 8.97. The Morgan fingerprint density at radius 2 is 2.26 bits per heavy atom. The first-order valence-electron chi connectivity index (χ1n) is 6.12. The molecule has 0 bridgehead atoms. The Hall–Kier alpha value is -2.11. The second kappa shape index (κ2) is 5.26. The standard InChI is InChI=1S/C13H15NO5/c1-8(2)18-13(15)12-5-3-9-7-10(14(16)17)4-6-11(9)19-12/h4,6-8,12H,3,5H2,1-2H3. The Balaban J connectivity index is 2.12. The van der Waals surface area contributed by atoms with Gasteiger partial charge in [0.2, 0.25) is 0 Å². The molecule has 1 atom stereocenters. The lowest BCUT2D eigenvalue weighted by atomic mass is 10.0. The van der Waals surface area contributed by atoms with E-state index in [0.29, 0.717) is 18.6 Å². The van der Waals surface area contributed by atoms with Crippen LogP contribution >= 0.6 is 0 Å². The van der Waals surface area contributed by atoms with Crippen LogP contribution in [0.4, 0.5) is 5.69 Å². The average Bonchev–Trinajstić information content (AvgIpc) is 2.36. The number of esters is 1. The molecule has 1 unspecified atom stereocenters. The van der Waals surface area contributed by atoms with E-state index in [4.69, 9.17) is 9.47 Å². The molecule has 6 heteroatoms. The van der Waals surface area contributed by atoms with Crippen molar-refractivity contribution in [1.29, 1.82) is 0 Å². The van der Waals surface area contributed by atoms with Gasteiger partial charge in [-0.15, -0.1) is 0 Å². The molecular weight excluding hydrogens is 250 g/mol. The van der Waals surface area contributed by atoms with Crippen LogP contribution in [0.1, 0.15) is 25.8 Å². The number of hydrogen-bond acceptors (Lipinski definition) is 5. The summed E-state index contributed by atoms with van der Waals surface area (Å²) < 4.78 is 10.6. The first kappa shape index (κ1) is 13.3. The maximum atomic E-state index is 11.7. The first-order valence-corrected chi connectivity index (χ1v) is 6.12. The number of nitro benzene ring substituents is 1. The average molecular weight is 265 g/mol. The molecule has 102 valence electrons. The van der Waals surface area contributed by atoms with Crippen LogP contribution in [-0.2, 0) is 16.0 Å². The van der Waals surface area contributed by atoms with Crippen molar-refractivity contribution >= 4 is 11.7 Å². The normalized spacial score (nSPS) is 17.5. The summed E-state index contributed by atoms with van der Waals surface area (Å²) in [6.07, 6.45) is 0.222. The fourth-order valence-corrected chi connectivity index (χ4v) is 1.96. The van der Waals surface area contributed by atoms with Crippen molar-refractivity contribution in [2.45, 2.75) is 38.9 Å². The maximum Gasteiger partial charge on any atom is 0.347 e. The number of nitro groups is 1. The van der Waals surface area contributed by atoms with E-state index in [0.717, 1.165) is 5.56 Å². The van der Waals surface area contributed by atoms with Gasteiger partial charge in [-0.05, 0) is 32.8 Å². The minimum Gasteiger partial charge on any atom is -0.478 e. The quantitative estimate of drug-likeness (QED) is 0.475. The summed E-state index contributed by atoms with van der Waals surface area (Å²) in [5.41, 5.74) is 0.786. The van der Waals surface area contributed by atoms with E-state index in [-0.39, 0.29) is 17.8 Å². The molecule has 1 aliphatic heterocycles. The van der Waals surface area contributed by atoms with E-state index >= 15 is 0 Å². The number of benzene rings is 1. The number of hydrogen-bond donors (Lipinski definition) is 0. The van der Waals surface area contributed by atoms with Crippen LogP contribution in [0.2, 0.25) is 0 Å². The van der Waals surface area contributed by atoms with Crippen molar-refractivity contribution in [3.63, 3.8) is 0 Å². The zero-order valence-electron chi connectivity index (χ0n) is 10.8. The molecule has 0 saturated carbocycles. The predicted octanol–water partition coefficient (Wildman–Crippen LogP) is 2.24. The Morgan fingerprint density at radius 3 is 2.89 bits per heavy atom. The van der Waals surface area contributed by atoms with Gasteiger partial charge in [0.05, 0.1) is 11.0 Å². The van der Waals surface area contributed by atoms with Crippen LogP contribution < -0.4 is 4.74 Å². The lowest BCUT2D eigenvalue weighted by Crippen LogP contribution is -2.34. The summed E-state index contributed by atoms with van der Waals surface area (Å²) >= 11 is 0. The van der Waals surface area contributed by atoms with Gasteiger partial charge >= 0.3 is 5.97 Å². The van der Waals surface area contributed by atoms with Gasteiger partial charge in [-0.1, -0.05) is 0 Å². The summed E-state index contributed by atoms with van der Waals surface area (Å²) in [5.74, 6) is 0.126. The smallest absolute Gasteiger partial charge is 0.347 e. The zero-order chi connectivity index (χ0) is 14.0. The number of carbonyl (C=O) groups is 1. The monoisotopic (exact) mass is 265 g/mol. The molecule has 0 spiro atoms. The van der Waals surface area contributed by atoms with Gasteiger partial charge in [0.1, 0.15) is 5.75 Å². The molecule has 1 heterocycles. The van der Waals surface area contributed by atoms with Crippen molar-refractivity contribution in [3.8, 4) is 5.75 Å². The highest BCUT2D eigenvalue weighted by Crippen LogP contribution is 2.31. The van der Waals surface area contributed by atoms with E-state index in [1.165, 1.54) is 18.2 Å². The van der Waals surface area contributed by atoms with Gasteiger partial charge < -0.3 is 9.47 Å². The largest absolute Gasteiger partial charge is 0.478 e. The number of nitrogens with zero attached hydrogens (tertiary/aromatic N) is 1. The molecule has 1 aromatic rings. The molecule has 6 nitrogen and oxygen atoms in total. The number of carbonyl (C=O) groups excluding carboxylic acids is 1. The third kappa shape index (κ3) is 3.01. The molecule has 0 radical (unpaired) electrons. The van der Waals surface area contributed by atoms with Crippen LogP contribution in [0, 0.1) is 10.1 Å². The summed E-state index contributed by atoms with van der Waals surface area (Å²) in [6.45, 7) is 3.55. The highest BCUT2D eigenvalue weighted by Gasteiger charge is 2.28. The summed E-state index contributed by atoms with van der Waals surface area (Å²) in [6, 6.07) is 4.39. The van der Waals surface area contributed by atoms with E-state index in [2.05, 4.69) is 0 Å². The van der Waals surface area contributed by atoms with Gasteiger partial charge in [-0.2, -0.15) is 0 Å². The minimum atomic E-state index is -0.628. The Bertz CT molecular complexity index is 512. The number of fused-ring (bicyclic) bond motifs is 1. The van der Waals surface area contributed by atoms with E-state index in [9.17, 15) is 14.9 Å². The molecule has 1 aliphatic rings. The molecule has 2 rings (SSSR count). The Morgan fingerprint density at radius 1 is 1.53 bits per heavy atom. The molecule has 1 aromatic carbocycles. The molecule has 0 aromatic heterocycles. The van der Waals surface area contributed by atoms with E-state index < -0.39 is 11.0 Å². The molecule has 19 heavy (non-hydrogen) atoms. The van der Waals surface area contributed by atoms with Crippen LogP contribution in [0.5, 0.6) is 5.75 Å². The van der Waals surface area contributed by atoms with Crippen LogP contribution in [0.25, 0.3) is 0 Å². The predicted molar refractivity (Wildman–Crippen MR) is 67.1 cm³/mol. The second-order valence-electron chi connectivity index (χ2n) is 4.68. The zero-order valence-corrected chi connectivity index (χ0v) is 10.8. The van der Waals surface area contributed by atoms with E-state index in [1.54, 1.807) is 13.8 Å². The molecule has 0 amide bonds. The number of non-ortho nitro benzene ring substituents is 1. The topological polar surface area (TPSA) is 78.7 Å². The van der Waals surface area contributed by atoms with Crippen LogP contribution in [-0.4, -0.2) is 23.1 Å². The molecule has 0 N–H and O–H groups in total. The van der Waals surface area contributed by atoms with Crippen molar-refractivity contribution in [3.05, 3.63) is 33.9 Å². The van der Waals surface area contributed by atoms with Gasteiger partial charge in [-0.25, -0.2) is 4.79 Å². The highest BCUT2D eigenvalue weighted by atomic mass is 16.6. The van der Waals surface area contributed by atoms with Crippen molar-refractivity contribution in [2.24, 2.45) is 0 Å². The van der Waals surface area contributed by atoms with Crippen molar-refractivity contribution < 1.29 is 19.2 Å². The fourth-order valence-electron chi connectivity index (χ4n) is 1.96. The van der Waals surface area contributed by atoms with Gasteiger partial charge in [0, 0.05) is 17.7 Å². The third-order valence-corrected chi connectivity index (χ3v) is 2.81. The molecule has 0 fully saturated rings. The van der Waals surface area contributed by atoms with Gasteiger partial charge in [-0.3, -0.25) is 10.1 Å². The molecular formula is C13H15NO5. The van der Waals surface area contributed by atoms with Crippen molar-refractivity contribution in [1.82, 2.24) is 0 Å². The second-order valence-corrected chi connectivity index (χ2v) is 4.68. The van der Waals surface area contributed by atoms with Crippen LogP contribution in [0.15, 0.2) is 18.2 Å². The minimum absolute atomic E-state index is 0.0329.